The Morgan fingerprint density at radius 1 is 1.21 bits per heavy atom. The number of ether oxygens (including phenoxy) is 1. The van der Waals surface area contributed by atoms with Crippen LogP contribution in [0.5, 0.6) is 5.75 Å². The van der Waals surface area contributed by atoms with Gasteiger partial charge in [-0.05, 0) is 44.0 Å². The number of amides is 1. The number of nitro groups is 1. The smallest absolute Gasteiger partial charge is 0.311 e. The monoisotopic (exact) mass is 328 g/mol. The topological polar surface area (TPSA) is 81.5 Å². The first kappa shape index (κ1) is 17.5. The summed E-state index contributed by atoms with van der Waals surface area (Å²) in [5.74, 6) is -0.242. The zero-order valence-corrected chi connectivity index (χ0v) is 14.1. The molecule has 0 spiro atoms. The maximum absolute atomic E-state index is 12.4. The number of nitrogens with one attached hydrogen (secondary N) is 1. The lowest BCUT2D eigenvalue weighted by Crippen LogP contribution is -2.27. The molecule has 24 heavy (non-hydrogen) atoms. The van der Waals surface area contributed by atoms with Crippen LogP contribution < -0.4 is 10.1 Å². The molecule has 0 heterocycles. The maximum Gasteiger partial charge on any atom is 0.311 e. The second-order valence-corrected chi connectivity index (χ2v) is 5.70. The van der Waals surface area contributed by atoms with Gasteiger partial charge in [-0.2, -0.15) is 0 Å². The van der Waals surface area contributed by atoms with Crippen molar-refractivity contribution in [3.8, 4) is 5.75 Å². The number of carbonyl (C=O) groups excluding carboxylic acids is 1. The second kappa shape index (κ2) is 7.12. The first-order valence-electron chi connectivity index (χ1n) is 7.54. The molecule has 2 aromatic rings. The molecule has 0 fully saturated rings. The SMILES string of the molecule is COc1ccc(C(=O)NC(C)c2cc(C)ccc2C)cc1[N+](=O)[O-]. The third-order valence-electron chi connectivity index (χ3n) is 3.89. The minimum atomic E-state index is -0.566. The zero-order chi connectivity index (χ0) is 17.9. The average Bonchev–Trinajstić information content (AvgIpc) is 2.56. The van der Waals surface area contributed by atoms with Gasteiger partial charge in [0.2, 0.25) is 0 Å². The molecule has 1 N–H and O–H groups in total. The number of methoxy groups -OCH3 is 1. The van der Waals surface area contributed by atoms with E-state index in [0.29, 0.717) is 0 Å². The van der Waals surface area contributed by atoms with Crippen LogP contribution in [0.2, 0.25) is 0 Å². The van der Waals surface area contributed by atoms with E-state index in [2.05, 4.69) is 5.32 Å². The number of aryl methyl sites for hydroxylation is 2. The molecule has 1 amide bonds. The lowest BCUT2D eigenvalue weighted by molar-refractivity contribution is -0.385. The highest BCUT2D eigenvalue weighted by molar-refractivity contribution is 5.95. The predicted molar refractivity (Wildman–Crippen MR) is 91.4 cm³/mol. The minimum Gasteiger partial charge on any atom is -0.490 e. The van der Waals surface area contributed by atoms with Crippen molar-refractivity contribution in [2.24, 2.45) is 0 Å². The van der Waals surface area contributed by atoms with Gasteiger partial charge < -0.3 is 10.1 Å². The van der Waals surface area contributed by atoms with E-state index >= 15 is 0 Å². The Morgan fingerprint density at radius 3 is 2.54 bits per heavy atom. The average molecular weight is 328 g/mol. The van der Waals surface area contributed by atoms with Crippen LogP contribution in [-0.2, 0) is 0 Å². The summed E-state index contributed by atoms with van der Waals surface area (Å²) in [6, 6.07) is 10.00. The van der Waals surface area contributed by atoms with Crippen LogP contribution in [-0.4, -0.2) is 17.9 Å². The molecule has 0 saturated carbocycles. The van der Waals surface area contributed by atoms with Crippen molar-refractivity contribution in [2.75, 3.05) is 7.11 Å². The van der Waals surface area contributed by atoms with Crippen molar-refractivity contribution >= 4 is 11.6 Å². The molecule has 0 radical (unpaired) electrons. The van der Waals surface area contributed by atoms with E-state index in [0.717, 1.165) is 16.7 Å². The lowest BCUT2D eigenvalue weighted by Gasteiger charge is -2.17. The Bertz CT molecular complexity index is 787. The standard InChI is InChI=1S/C18H20N2O4/c1-11-5-6-12(2)15(9-11)13(3)19-18(21)14-7-8-17(24-4)16(10-14)20(22)23/h5-10,13H,1-4H3,(H,19,21). The summed E-state index contributed by atoms with van der Waals surface area (Å²) >= 11 is 0. The quantitative estimate of drug-likeness (QED) is 0.670. The van der Waals surface area contributed by atoms with Crippen LogP contribution in [0.1, 0.15) is 40.0 Å². The Kier molecular flexibility index (Phi) is 5.18. The molecule has 2 rings (SSSR count). The summed E-state index contributed by atoms with van der Waals surface area (Å²) in [6.45, 7) is 5.86. The van der Waals surface area contributed by atoms with Crippen LogP contribution >= 0.6 is 0 Å². The number of benzene rings is 2. The fraction of sp³-hybridized carbons (Fsp3) is 0.278. The summed E-state index contributed by atoms with van der Waals surface area (Å²) in [5, 5.41) is 14.0. The highest BCUT2D eigenvalue weighted by Gasteiger charge is 2.19. The van der Waals surface area contributed by atoms with Crippen LogP contribution in [0.3, 0.4) is 0 Å². The summed E-state index contributed by atoms with van der Waals surface area (Å²) in [5.41, 5.74) is 3.20. The van der Waals surface area contributed by atoms with E-state index < -0.39 is 4.92 Å². The van der Waals surface area contributed by atoms with E-state index in [4.69, 9.17) is 4.74 Å². The van der Waals surface area contributed by atoms with Gasteiger partial charge in [-0.15, -0.1) is 0 Å². The van der Waals surface area contributed by atoms with Gasteiger partial charge in [-0.25, -0.2) is 0 Å². The fourth-order valence-corrected chi connectivity index (χ4v) is 2.56. The van der Waals surface area contributed by atoms with E-state index in [-0.39, 0.29) is 28.9 Å². The molecule has 0 aliphatic heterocycles. The van der Waals surface area contributed by atoms with Crippen molar-refractivity contribution in [3.05, 3.63) is 68.8 Å². The van der Waals surface area contributed by atoms with Crippen LogP contribution in [0.25, 0.3) is 0 Å². The highest BCUT2D eigenvalue weighted by Crippen LogP contribution is 2.28. The summed E-state index contributed by atoms with van der Waals surface area (Å²) in [7, 11) is 1.35. The molecule has 0 saturated heterocycles. The van der Waals surface area contributed by atoms with E-state index in [1.807, 2.05) is 39.0 Å². The van der Waals surface area contributed by atoms with Crippen molar-refractivity contribution < 1.29 is 14.5 Å². The van der Waals surface area contributed by atoms with Crippen LogP contribution in [0, 0.1) is 24.0 Å². The number of carbonyl (C=O) groups is 1. The third-order valence-corrected chi connectivity index (χ3v) is 3.89. The van der Waals surface area contributed by atoms with Gasteiger partial charge >= 0.3 is 5.69 Å². The van der Waals surface area contributed by atoms with E-state index in [1.165, 1.54) is 25.3 Å². The minimum absolute atomic E-state index is 0.124. The molecule has 6 heteroatoms. The van der Waals surface area contributed by atoms with Gasteiger partial charge in [0.15, 0.2) is 5.75 Å². The van der Waals surface area contributed by atoms with E-state index in [1.54, 1.807) is 0 Å². The normalized spacial score (nSPS) is 11.7. The highest BCUT2D eigenvalue weighted by atomic mass is 16.6. The number of rotatable bonds is 5. The van der Waals surface area contributed by atoms with Crippen molar-refractivity contribution in [1.82, 2.24) is 5.32 Å². The molecule has 0 aliphatic rings. The van der Waals surface area contributed by atoms with Crippen molar-refractivity contribution in [2.45, 2.75) is 26.8 Å². The Balaban J connectivity index is 2.25. The second-order valence-electron chi connectivity index (χ2n) is 5.70. The summed E-state index contributed by atoms with van der Waals surface area (Å²) < 4.78 is 4.95. The number of nitrogens with zero attached hydrogens (tertiary/aromatic N) is 1. The van der Waals surface area contributed by atoms with Crippen molar-refractivity contribution in [1.29, 1.82) is 0 Å². The summed E-state index contributed by atoms with van der Waals surface area (Å²) in [4.78, 5) is 22.9. The molecule has 126 valence electrons. The van der Waals surface area contributed by atoms with Gasteiger partial charge in [-0.3, -0.25) is 14.9 Å². The molecule has 1 atom stereocenters. The lowest BCUT2D eigenvalue weighted by atomic mass is 9.99. The number of hydrogen-bond acceptors (Lipinski definition) is 4. The zero-order valence-electron chi connectivity index (χ0n) is 14.1. The Labute approximate surface area is 140 Å². The summed E-state index contributed by atoms with van der Waals surface area (Å²) in [6.07, 6.45) is 0. The third kappa shape index (κ3) is 3.71. The molecular weight excluding hydrogens is 308 g/mol. The molecule has 0 bridgehead atoms. The molecule has 2 aromatic carbocycles. The first-order valence-corrected chi connectivity index (χ1v) is 7.54. The predicted octanol–water partition coefficient (Wildman–Crippen LogP) is 3.71. The van der Waals surface area contributed by atoms with E-state index in [9.17, 15) is 14.9 Å². The number of hydrogen-bond donors (Lipinski definition) is 1. The Hall–Kier alpha value is -2.89. The van der Waals surface area contributed by atoms with Gasteiger partial charge in [-0.1, -0.05) is 23.8 Å². The van der Waals surface area contributed by atoms with Gasteiger partial charge in [0.05, 0.1) is 18.1 Å². The van der Waals surface area contributed by atoms with Crippen LogP contribution in [0.15, 0.2) is 36.4 Å². The number of nitro benzene ring substituents is 1. The Morgan fingerprint density at radius 2 is 1.92 bits per heavy atom. The molecular formula is C18H20N2O4. The van der Waals surface area contributed by atoms with Gasteiger partial charge in [0.25, 0.3) is 5.91 Å². The molecule has 0 aromatic heterocycles. The van der Waals surface area contributed by atoms with Crippen molar-refractivity contribution in [3.63, 3.8) is 0 Å². The molecule has 1 unspecified atom stereocenters. The maximum atomic E-state index is 12.4. The fourth-order valence-electron chi connectivity index (χ4n) is 2.56. The largest absolute Gasteiger partial charge is 0.490 e. The molecule has 0 aliphatic carbocycles. The molecule has 6 nitrogen and oxygen atoms in total. The first-order chi connectivity index (χ1) is 11.3. The van der Waals surface area contributed by atoms with Gasteiger partial charge in [0.1, 0.15) is 0 Å². The van der Waals surface area contributed by atoms with Crippen LogP contribution in [0.4, 0.5) is 5.69 Å². The van der Waals surface area contributed by atoms with Gasteiger partial charge in [0, 0.05) is 11.6 Å².